The van der Waals surface area contributed by atoms with E-state index in [-0.39, 0.29) is 11.2 Å². The Hall–Kier alpha value is -0.800. The first-order valence-electron chi connectivity index (χ1n) is 6.28. The summed E-state index contributed by atoms with van der Waals surface area (Å²) < 4.78 is 6.08. The SMILES string of the molecule is CC1(C)CN(c2ncccc2CCl)CC(C)(C)O1. The summed E-state index contributed by atoms with van der Waals surface area (Å²) in [5.41, 5.74) is 0.721. The number of rotatable bonds is 2. The van der Waals surface area contributed by atoms with Crippen LogP contribution < -0.4 is 4.90 Å². The van der Waals surface area contributed by atoms with Gasteiger partial charge in [-0.1, -0.05) is 6.07 Å². The van der Waals surface area contributed by atoms with E-state index in [0.717, 1.165) is 24.5 Å². The Morgan fingerprint density at radius 1 is 1.28 bits per heavy atom. The van der Waals surface area contributed by atoms with E-state index in [4.69, 9.17) is 16.3 Å². The Kier molecular flexibility index (Phi) is 3.56. The minimum atomic E-state index is -0.178. The third-order valence-corrected chi connectivity index (χ3v) is 3.29. The van der Waals surface area contributed by atoms with Crippen molar-refractivity contribution in [1.82, 2.24) is 4.98 Å². The Morgan fingerprint density at radius 3 is 2.44 bits per heavy atom. The first-order valence-corrected chi connectivity index (χ1v) is 6.81. The third-order valence-electron chi connectivity index (χ3n) is 3.01. The summed E-state index contributed by atoms with van der Waals surface area (Å²) in [6.07, 6.45) is 1.82. The molecule has 100 valence electrons. The summed E-state index contributed by atoms with van der Waals surface area (Å²) in [6.45, 7) is 10.1. The van der Waals surface area contributed by atoms with Gasteiger partial charge in [-0.05, 0) is 33.8 Å². The molecule has 0 spiro atoms. The van der Waals surface area contributed by atoms with Crippen LogP contribution in [0.25, 0.3) is 0 Å². The van der Waals surface area contributed by atoms with E-state index in [2.05, 4.69) is 37.6 Å². The van der Waals surface area contributed by atoms with Crippen LogP contribution in [0, 0.1) is 0 Å². The molecule has 3 nitrogen and oxygen atoms in total. The van der Waals surface area contributed by atoms with Crippen LogP contribution in [-0.2, 0) is 10.6 Å². The molecule has 4 heteroatoms. The highest BCUT2D eigenvalue weighted by atomic mass is 35.5. The lowest BCUT2D eigenvalue weighted by atomic mass is 9.98. The molecular weight excluding hydrogens is 248 g/mol. The zero-order valence-corrected chi connectivity index (χ0v) is 12.3. The molecule has 2 rings (SSSR count). The second-order valence-electron chi connectivity index (χ2n) is 6.10. The monoisotopic (exact) mass is 268 g/mol. The average molecular weight is 269 g/mol. The zero-order chi connectivity index (χ0) is 13.4. The van der Waals surface area contributed by atoms with Gasteiger partial charge in [0, 0.05) is 24.8 Å². The predicted molar refractivity (Wildman–Crippen MR) is 75.3 cm³/mol. The minimum Gasteiger partial charge on any atom is -0.366 e. The number of morpholine rings is 1. The number of hydrogen-bond acceptors (Lipinski definition) is 3. The van der Waals surface area contributed by atoms with E-state index >= 15 is 0 Å². The minimum absolute atomic E-state index is 0.178. The maximum Gasteiger partial charge on any atom is 0.133 e. The number of alkyl halides is 1. The molecule has 0 unspecified atom stereocenters. The number of pyridine rings is 1. The molecule has 1 aliphatic rings. The molecule has 0 amide bonds. The number of ether oxygens (including phenoxy) is 1. The molecule has 1 saturated heterocycles. The van der Waals surface area contributed by atoms with Gasteiger partial charge < -0.3 is 9.64 Å². The molecule has 1 aromatic heterocycles. The van der Waals surface area contributed by atoms with E-state index in [1.807, 2.05) is 18.3 Å². The Morgan fingerprint density at radius 2 is 1.89 bits per heavy atom. The molecule has 1 aromatic rings. The van der Waals surface area contributed by atoms with Crippen molar-refractivity contribution in [1.29, 1.82) is 0 Å². The molecule has 1 fully saturated rings. The van der Waals surface area contributed by atoms with E-state index in [0.29, 0.717) is 5.88 Å². The molecular formula is C14H21ClN2O. The summed E-state index contributed by atoms with van der Waals surface area (Å²) in [5.74, 6) is 1.47. The molecule has 2 heterocycles. The Bertz CT molecular complexity index is 416. The number of halogens is 1. The van der Waals surface area contributed by atoms with Crippen molar-refractivity contribution in [2.24, 2.45) is 0 Å². The first-order chi connectivity index (χ1) is 8.33. The molecule has 1 aliphatic heterocycles. The van der Waals surface area contributed by atoms with E-state index < -0.39 is 0 Å². The van der Waals surface area contributed by atoms with E-state index in [1.165, 1.54) is 0 Å². The van der Waals surface area contributed by atoms with Crippen LogP contribution in [0.1, 0.15) is 33.3 Å². The normalized spacial score (nSPS) is 21.9. The molecule has 0 aliphatic carbocycles. The van der Waals surface area contributed by atoms with Crippen molar-refractivity contribution in [3.8, 4) is 0 Å². The van der Waals surface area contributed by atoms with Gasteiger partial charge in [-0.3, -0.25) is 0 Å². The Labute approximate surface area is 114 Å². The van der Waals surface area contributed by atoms with Gasteiger partial charge in [0.2, 0.25) is 0 Å². The zero-order valence-electron chi connectivity index (χ0n) is 11.5. The molecule has 0 N–H and O–H groups in total. The van der Waals surface area contributed by atoms with Crippen LogP contribution in [0.2, 0.25) is 0 Å². The van der Waals surface area contributed by atoms with Crippen molar-refractivity contribution in [2.45, 2.75) is 44.8 Å². The van der Waals surface area contributed by atoms with Crippen molar-refractivity contribution < 1.29 is 4.74 Å². The lowest BCUT2D eigenvalue weighted by molar-refractivity contribution is -0.133. The van der Waals surface area contributed by atoms with Gasteiger partial charge in [-0.2, -0.15) is 0 Å². The van der Waals surface area contributed by atoms with Crippen molar-refractivity contribution in [3.05, 3.63) is 23.9 Å². The molecule has 18 heavy (non-hydrogen) atoms. The number of aromatic nitrogens is 1. The van der Waals surface area contributed by atoms with Crippen LogP contribution in [0.4, 0.5) is 5.82 Å². The smallest absolute Gasteiger partial charge is 0.133 e. The van der Waals surface area contributed by atoms with Crippen LogP contribution in [0.15, 0.2) is 18.3 Å². The maximum atomic E-state index is 6.08. The molecule has 0 bridgehead atoms. The van der Waals surface area contributed by atoms with Gasteiger partial charge in [-0.15, -0.1) is 11.6 Å². The van der Waals surface area contributed by atoms with Gasteiger partial charge in [0.05, 0.1) is 17.1 Å². The van der Waals surface area contributed by atoms with Crippen molar-refractivity contribution in [2.75, 3.05) is 18.0 Å². The highest BCUT2D eigenvalue weighted by molar-refractivity contribution is 6.17. The fraction of sp³-hybridized carbons (Fsp3) is 0.643. The van der Waals surface area contributed by atoms with E-state index in [9.17, 15) is 0 Å². The predicted octanol–water partition coefficient (Wildman–Crippen LogP) is 3.21. The second kappa shape index (κ2) is 4.71. The Balaban J connectivity index is 2.32. The first kappa shape index (κ1) is 13.6. The highest BCUT2D eigenvalue weighted by Gasteiger charge is 2.39. The topological polar surface area (TPSA) is 25.4 Å². The average Bonchev–Trinajstić information content (AvgIpc) is 2.24. The summed E-state index contributed by atoms with van der Waals surface area (Å²) in [6, 6.07) is 3.96. The number of hydrogen-bond donors (Lipinski definition) is 0. The van der Waals surface area contributed by atoms with Crippen LogP contribution in [-0.4, -0.2) is 29.3 Å². The maximum absolute atomic E-state index is 6.08. The van der Waals surface area contributed by atoms with E-state index in [1.54, 1.807) is 0 Å². The molecule has 0 aromatic carbocycles. The highest BCUT2D eigenvalue weighted by Crippen LogP contribution is 2.32. The van der Waals surface area contributed by atoms with Crippen LogP contribution >= 0.6 is 11.6 Å². The van der Waals surface area contributed by atoms with Crippen LogP contribution in [0.5, 0.6) is 0 Å². The fourth-order valence-corrected chi connectivity index (χ4v) is 2.97. The molecule has 0 radical (unpaired) electrons. The van der Waals surface area contributed by atoms with Crippen molar-refractivity contribution in [3.63, 3.8) is 0 Å². The standard InChI is InChI=1S/C14H21ClN2O/c1-13(2)9-17(10-14(3,4)18-13)12-11(8-15)6-5-7-16-12/h5-7H,8-10H2,1-4H3. The summed E-state index contributed by atoms with van der Waals surface area (Å²) >= 11 is 6.00. The fourth-order valence-electron chi connectivity index (χ4n) is 2.76. The molecule has 0 atom stereocenters. The summed E-state index contributed by atoms with van der Waals surface area (Å²) in [4.78, 5) is 6.77. The largest absolute Gasteiger partial charge is 0.366 e. The van der Waals surface area contributed by atoms with Gasteiger partial charge in [0.15, 0.2) is 0 Å². The van der Waals surface area contributed by atoms with Crippen LogP contribution in [0.3, 0.4) is 0 Å². The van der Waals surface area contributed by atoms with Gasteiger partial charge in [0.25, 0.3) is 0 Å². The number of anilines is 1. The van der Waals surface area contributed by atoms with Gasteiger partial charge in [0.1, 0.15) is 5.82 Å². The van der Waals surface area contributed by atoms with Gasteiger partial charge in [-0.25, -0.2) is 4.98 Å². The third kappa shape index (κ3) is 2.96. The molecule has 0 saturated carbocycles. The van der Waals surface area contributed by atoms with Crippen molar-refractivity contribution >= 4 is 17.4 Å². The summed E-state index contributed by atoms with van der Waals surface area (Å²) in [7, 11) is 0. The lowest BCUT2D eigenvalue weighted by Crippen LogP contribution is -2.57. The quantitative estimate of drug-likeness (QED) is 0.770. The summed E-state index contributed by atoms with van der Waals surface area (Å²) in [5, 5.41) is 0. The van der Waals surface area contributed by atoms with Gasteiger partial charge >= 0.3 is 0 Å². The number of nitrogens with zero attached hydrogens (tertiary/aromatic N) is 2. The second-order valence-corrected chi connectivity index (χ2v) is 6.36. The lowest BCUT2D eigenvalue weighted by Gasteiger charge is -2.47.